The zero-order chi connectivity index (χ0) is 21.3. The van der Waals surface area contributed by atoms with Crippen molar-refractivity contribution >= 4 is 35.8 Å². The lowest BCUT2D eigenvalue weighted by Crippen LogP contribution is -2.45. The van der Waals surface area contributed by atoms with E-state index in [9.17, 15) is 18.0 Å². The number of nitrogens with one attached hydrogen (secondary N) is 2. The van der Waals surface area contributed by atoms with Crippen molar-refractivity contribution in [2.75, 3.05) is 52.4 Å². The second-order valence-electron chi connectivity index (χ2n) is 7.97. The predicted octanol–water partition coefficient (Wildman–Crippen LogP) is 1.77. The van der Waals surface area contributed by atoms with Crippen molar-refractivity contribution in [2.24, 2.45) is 16.6 Å². The molecule has 0 radical (unpaired) electrons. The van der Waals surface area contributed by atoms with E-state index in [-0.39, 0.29) is 41.8 Å². The van der Waals surface area contributed by atoms with E-state index >= 15 is 0 Å². The Balaban J connectivity index is 0.00000450. The van der Waals surface area contributed by atoms with E-state index in [1.807, 2.05) is 6.92 Å². The van der Waals surface area contributed by atoms with Gasteiger partial charge in [0.05, 0.1) is 6.54 Å². The average Bonchev–Trinajstić information content (AvgIpc) is 3.06. The number of carbonyl (C=O) groups excluding carboxylic acids is 1. The Morgan fingerprint density at radius 1 is 1.13 bits per heavy atom. The molecule has 11 heteroatoms. The molecule has 1 atom stereocenters. The first-order valence-corrected chi connectivity index (χ1v) is 10.6. The number of piperidine rings is 1. The minimum absolute atomic E-state index is 0. The molecule has 1 unspecified atom stereocenters. The lowest BCUT2D eigenvalue weighted by atomic mass is 9.96. The van der Waals surface area contributed by atoms with Gasteiger partial charge in [0.1, 0.15) is 0 Å². The number of primary amides is 1. The summed E-state index contributed by atoms with van der Waals surface area (Å²) in [5, 5.41) is 6.44. The van der Waals surface area contributed by atoms with Crippen molar-refractivity contribution in [3.8, 4) is 0 Å². The molecule has 0 bridgehead atoms. The standard InChI is InChI=1S/C19H35F3N6O.HI/c1-2-24-18(26-16-7-12-28(13-16)14-19(20,21)22)25-8-3-4-9-27-10-5-15(6-11-27)17(23)29;/h15-16H,2-14H2,1H3,(H2,23,29)(H2,24,25,26);1H. The van der Waals surface area contributed by atoms with Crippen molar-refractivity contribution in [3.63, 3.8) is 0 Å². The summed E-state index contributed by atoms with van der Waals surface area (Å²) >= 11 is 0. The van der Waals surface area contributed by atoms with Crippen LogP contribution in [-0.2, 0) is 4.79 Å². The van der Waals surface area contributed by atoms with Crippen LogP contribution in [0, 0.1) is 5.92 Å². The van der Waals surface area contributed by atoms with Crippen LogP contribution in [0.15, 0.2) is 4.99 Å². The lowest BCUT2D eigenvalue weighted by Gasteiger charge is -2.30. The van der Waals surface area contributed by atoms with Crippen LogP contribution >= 0.6 is 24.0 Å². The molecule has 2 fully saturated rings. The van der Waals surface area contributed by atoms with Gasteiger partial charge in [-0.15, -0.1) is 24.0 Å². The van der Waals surface area contributed by atoms with E-state index in [2.05, 4.69) is 20.5 Å². The molecule has 2 aliphatic heterocycles. The minimum Gasteiger partial charge on any atom is -0.369 e. The van der Waals surface area contributed by atoms with Crippen LogP contribution in [0.2, 0.25) is 0 Å². The molecule has 7 nitrogen and oxygen atoms in total. The van der Waals surface area contributed by atoms with Gasteiger partial charge in [0.25, 0.3) is 0 Å². The Morgan fingerprint density at radius 3 is 2.40 bits per heavy atom. The smallest absolute Gasteiger partial charge is 0.369 e. The fraction of sp³-hybridized carbons (Fsp3) is 0.895. The monoisotopic (exact) mass is 548 g/mol. The van der Waals surface area contributed by atoms with Gasteiger partial charge in [-0.25, -0.2) is 0 Å². The normalized spacial score (nSPS) is 22.0. The quantitative estimate of drug-likeness (QED) is 0.177. The molecule has 0 aliphatic carbocycles. The van der Waals surface area contributed by atoms with Gasteiger partial charge in [0.15, 0.2) is 5.96 Å². The van der Waals surface area contributed by atoms with Crippen LogP contribution in [0.5, 0.6) is 0 Å². The summed E-state index contributed by atoms with van der Waals surface area (Å²) in [5.74, 6) is 0.507. The van der Waals surface area contributed by atoms with E-state index in [0.29, 0.717) is 38.6 Å². The molecule has 0 aromatic rings. The second-order valence-corrected chi connectivity index (χ2v) is 7.97. The number of nitrogens with zero attached hydrogens (tertiary/aromatic N) is 3. The maximum atomic E-state index is 12.5. The number of alkyl halides is 3. The number of unbranched alkanes of at least 4 members (excludes halogenated alkanes) is 1. The molecule has 0 aromatic carbocycles. The molecule has 0 spiro atoms. The number of rotatable bonds is 9. The average molecular weight is 548 g/mol. The molecule has 30 heavy (non-hydrogen) atoms. The number of guanidine groups is 1. The molecular formula is C19H36F3IN6O. The highest BCUT2D eigenvalue weighted by molar-refractivity contribution is 14.0. The highest BCUT2D eigenvalue weighted by Crippen LogP contribution is 2.20. The summed E-state index contributed by atoms with van der Waals surface area (Å²) in [6, 6.07) is -0.0123. The Bertz CT molecular complexity index is 541. The number of halogens is 4. The first-order chi connectivity index (χ1) is 13.8. The van der Waals surface area contributed by atoms with Gasteiger partial charge in [-0.05, 0) is 58.7 Å². The fourth-order valence-corrected chi connectivity index (χ4v) is 3.94. The van der Waals surface area contributed by atoms with Gasteiger partial charge in [0, 0.05) is 38.1 Å². The summed E-state index contributed by atoms with van der Waals surface area (Å²) in [4.78, 5) is 19.6. The number of nitrogens with two attached hydrogens (primary N) is 1. The van der Waals surface area contributed by atoms with Crippen LogP contribution in [0.4, 0.5) is 13.2 Å². The van der Waals surface area contributed by atoms with Gasteiger partial charge in [0.2, 0.25) is 5.91 Å². The number of aliphatic imine (C=N–C) groups is 1. The molecule has 2 heterocycles. The van der Waals surface area contributed by atoms with Crippen LogP contribution < -0.4 is 16.4 Å². The highest BCUT2D eigenvalue weighted by Gasteiger charge is 2.34. The maximum absolute atomic E-state index is 12.5. The number of hydrogen-bond acceptors (Lipinski definition) is 4. The number of hydrogen-bond donors (Lipinski definition) is 3. The Kier molecular flexibility index (Phi) is 12.3. The van der Waals surface area contributed by atoms with Crippen LogP contribution in [0.25, 0.3) is 0 Å². The van der Waals surface area contributed by atoms with Gasteiger partial charge < -0.3 is 21.3 Å². The minimum atomic E-state index is -4.15. The summed E-state index contributed by atoms with van der Waals surface area (Å²) in [7, 11) is 0. The van der Waals surface area contributed by atoms with Crippen molar-refractivity contribution in [1.82, 2.24) is 20.4 Å². The van der Waals surface area contributed by atoms with Crippen molar-refractivity contribution in [3.05, 3.63) is 0 Å². The predicted molar refractivity (Wildman–Crippen MR) is 123 cm³/mol. The van der Waals surface area contributed by atoms with Crippen LogP contribution in [0.1, 0.15) is 39.0 Å². The Morgan fingerprint density at radius 2 is 1.80 bits per heavy atom. The molecule has 2 rings (SSSR count). The third kappa shape index (κ3) is 10.5. The molecule has 0 aromatic heterocycles. The number of likely N-dealkylation sites (tertiary alicyclic amines) is 2. The molecule has 2 aliphatic rings. The van der Waals surface area contributed by atoms with E-state index in [0.717, 1.165) is 45.3 Å². The first-order valence-electron chi connectivity index (χ1n) is 10.6. The molecule has 176 valence electrons. The summed E-state index contributed by atoms with van der Waals surface area (Å²) in [6.45, 7) is 6.14. The zero-order valence-corrected chi connectivity index (χ0v) is 20.0. The van der Waals surface area contributed by atoms with E-state index in [4.69, 9.17) is 5.73 Å². The van der Waals surface area contributed by atoms with E-state index in [1.165, 1.54) is 4.90 Å². The van der Waals surface area contributed by atoms with E-state index in [1.54, 1.807) is 0 Å². The maximum Gasteiger partial charge on any atom is 0.401 e. The number of carbonyl (C=O) groups is 1. The van der Waals surface area contributed by atoms with Crippen LogP contribution in [-0.4, -0.2) is 86.2 Å². The Hall–Kier alpha value is -0.820. The fourth-order valence-electron chi connectivity index (χ4n) is 3.94. The molecule has 0 saturated carbocycles. The zero-order valence-electron chi connectivity index (χ0n) is 17.7. The van der Waals surface area contributed by atoms with Crippen molar-refractivity contribution in [2.45, 2.75) is 51.2 Å². The van der Waals surface area contributed by atoms with E-state index < -0.39 is 12.7 Å². The SMILES string of the molecule is CCNC(=NCCCCN1CCC(C(N)=O)CC1)NC1CCN(CC(F)(F)F)C1.I. The van der Waals surface area contributed by atoms with Gasteiger partial charge in [-0.3, -0.25) is 14.7 Å². The number of amides is 1. The van der Waals surface area contributed by atoms with Crippen molar-refractivity contribution < 1.29 is 18.0 Å². The van der Waals surface area contributed by atoms with Crippen LogP contribution in [0.3, 0.4) is 0 Å². The molecule has 1 amide bonds. The third-order valence-electron chi connectivity index (χ3n) is 5.50. The largest absolute Gasteiger partial charge is 0.401 e. The molecule has 4 N–H and O–H groups in total. The first kappa shape index (κ1) is 27.2. The second kappa shape index (κ2) is 13.6. The molecule has 2 saturated heterocycles. The summed E-state index contributed by atoms with van der Waals surface area (Å²) in [6.07, 6.45) is 0.178. The highest BCUT2D eigenvalue weighted by atomic mass is 127. The van der Waals surface area contributed by atoms with Crippen molar-refractivity contribution in [1.29, 1.82) is 0 Å². The van der Waals surface area contributed by atoms with Gasteiger partial charge in [-0.1, -0.05) is 0 Å². The van der Waals surface area contributed by atoms with Gasteiger partial charge in [-0.2, -0.15) is 13.2 Å². The Labute approximate surface area is 194 Å². The lowest BCUT2D eigenvalue weighted by molar-refractivity contribution is -0.143. The topological polar surface area (TPSA) is 86.0 Å². The molecular weight excluding hydrogens is 512 g/mol. The van der Waals surface area contributed by atoms with Gasteiger partial charge >= 0.3 is 6.18 Å². The summed E-state index contributed by atoms with van der Waals surface area (Å²) in [5.41, 5.74) is 5.36. The third-order valence-corrected chi connectivity index (χ3v) is 5.50. The summed E-state index contributed by atoms with van der Waals surface area (Å²) < 4.78 is 37.6.